The summed E-state index contributed by atoms with van der Waals surface area (Å²) < 4.78 is 23.9. The highest BCUT2D eigenvalue weighted by molar-refractivity contribution is 6.04. The summed E-state index contributed by atoms with van der Waals surface area (Å²) >= 11 is 0. The maximum atomic E-state index is 13.6. The monoisotopic (exact) mass is 592 g/mol. The maximum absolute atomic E-state index is 13.6. The van der Waals surface area contributed by atoms with E-state index in [0.717, 1.165) is 22.3 Å². The molecule has 0 atom stereocenters. The number of aromatic nitrogens is 3. The van der Waals surface area contributed by atoms with Crippen LogP contribution >= 0.6 is 0 Å². The number of amides is 1. The Labute approximate surface area is 254 Å². The Kier molecular flexibility index (Phi) is 8.40. The topological polar surface area (TPSA) is 114 Å². The van der Waals surface area contributed by atoms with E-state index in [9.17, 15) is 9.59 Å². The van der Waals surface area contributed by atoms with Crippen molar-refractivity contribution in [2.45, 2.75) is 26.7 Å². The predicted molar refractivity (Wildman–Crippen MR) is 166 cm³/mol. The van der Waals surface area contributed by atoms with E-state index in [1.54, 1.807) is 18.5 Å². The number of pyridine rings is 1. The molecule has 4 heterocycles. The van der Waals surface area contributed by atoms with Crippen LogP contribution < -0.4 is 24.3 Å². The summed E-state index contributed by atoms with van der Waals surface area (Å²) in [4.78, 5) is 31.0. The van der Waals surface area contributed by atoms with E-state index in [4.69, 9.17) is 18.9 Å². The second-order valence-corrected chi connectivity index (χ2v) is 9.99. The molecule has 44 heavy (non-hydrogen) atoms. The zero-order valence-electron chi connectivity index (χ0n) is 24.5. The Morgan fingerprint density at radius 1 is 0.750 bits per heavy atom. The Morgan fingerprint density at radius 2 is 1.39 bits per heavy atom. The van der Waals surface area contributed by atoms with Gasteiger partial charge in [0.05, 0.1) is 18.4 Å². The third-order valence-corrected chi connectivity index (χ3v) is 7.10. The number of fused-ring (bicyclic) bond motifs is 3. The fraction of sp³-hybridized carbons (Fsp3) is 0.235. The minimum atomic E-state index is -0.274. The van der Waals surface area contributed by atoms with Crippen LogP contribution in [0.2, 0.25) is 0 Å². The van der Waals surface area contributed by atoms with Crippen LogP contribution in [0, 0.1) is 0 Å². The zero-order valence-corrected chi connectivity index (χ0v) is 24.5. The highest BCUT2D eigenvalue weighted by Gasteiger charge is 2.21. The Balaban J connectivity index is 0.00000168. The number of benzene rings is 3. The van der Waals surface area contributed by atoms with Crippen LogP contribution in [0.15, 0.2) is 79.1 Å². The van der Waals surface area contributed by atoms with Gasteiger partial charge in [-0.2, -0.15) is 4.68 Å². The number of rotatable bonds is 6. The third kappa shape index (κ3) is 6.05. The molecule has 2 aliphatic rings. The van der Waals surface area contributed by atoms with E-state index in [0.29, 0.717) is 66.1 Å². The molecule has 3 aromatic carbocycles. The minimum absolute atomic E-state index is 0.0857. The number of anilines is 1. The fourth-order valence-electron chi connectivity index (χ4n) is 5.12. The molecule has 0 fully saturated rings. The van der Waals surface area contributed by atoms with Crippen LogP contribution in [0.3, 0.4) is 0 Å². The Bertz CT molecular complexity index is 1820. The summed E-state index contributed by atoms with van der Waals surface area (Å²) in [5.41, 5.74) is 3.91. The van der Waals surface area contributed by atoms with E-state index in [1.165, 1.54) is 4.68 Å². The highest BCUT2D eigenvalue weighted by atomic mass is 16.6. The van der Waals surface area contributed by atoms with Crippen LogP contribution in [-0.2, 0) is 17.6 Å². The molecule has 0 saturated carbocycles. The van der Waals surface area contributed by atoms with Gasteiger partial charge in [-0.05, 0) is 59.2 Å². The molecular formula is C34H32N4O6. The maximum Gasteiger partial charge on any atom is 0.251 e. The van der Waals surface area contributed by atoms with Crippen molar-refractivity contribution in [2.24, 2.45) is 0 Å². The van der Waals surface area contributed by atoms with Crippen molar-refractivity contribution < 1.29 is 28.5 Å². The number of nitrogens with one attached hydrogen (secondary N) is 1. The first kappa shape index (κ1) is 28.7. The average molecular weight is 593 g/mol. The summed E-state index contributed by atoms with van der Waals surface area (Å²) in [5.74, 6) is 2.33. The molecular weight excluding hydrogens is 560 g/mol. The van der Waals surface area contributed by atoms with E-state index in [1.807, 2.05) is 74.5 Å². The normalized spacial score (nSPS) is 13.0. The predicted octanol–water partition coefficient (Wildman–Crippen LogP) is 5.73. The van der Waals surface area contributed by atoms with Crippen LogP contribution in [-0.4, -0.2) is 53.0 Å². The van der Waals surface area contributed by atoms with Crippen molar-refractivity contribution in [3.8, 4) is 34.1 Å². The van der Waals surface area contributed by atoms with Gasteiger partial charge < -0.3 is 24.3 Å². The summed E-state index contributed by atoms with van der Waals surface area (Å²) in [6.45, 7) is 5.92. The molecule has 10 nitrogen and oxygen atoms in total. The number of carbonyl (C=O) groups excluding carboxylic acids is 2. The first-order valence-electron chi connectivity index (χ1n) is 14.6. The van der Waals surface area contributed by atoms with Crippen molar-refractivity contribution in [1.82, 2.24) is 14.8 Å². The highest BCUT2D eigenvalue weighted by Crippen LogP contribution is 2.33. The van der Waals surface area contributed by atoms with E-state index in [2.05, 4.69) is 15.4 Å². The van der Waals surface area contributed by atoms with Gasteiger partial charge in [-0.15, -0.1) is 5.10 Å². The lowest BCUT2D eigenvalue weighted by molar-refractivity contribution is -0.115. The molecule has 1 N–H and O–H groups in total. The Morgan fingerprint density at radius 3 is 2.02 bits per heavy atom. The average Bonchev–Trinajstić information content (AvgIpc) is 3.43. The van der Waals surface area contributed by atoms with Crippen LogP contribution in [0.4, 0.5) is 5.82 Å². The number of hydrogen-bond acceptors (Lipinski definition) is 8. The summed E-state index contributed by atoms with van der Waals surface area (Å²) in [6, 6.07) is 20.4. The molecule has 7 rings (SSSR count). The molecule has 0 radical (unpaired) electrons. The second kappa shape index (κ2) is 12.9. The lowest BCUT2D eigenvalue weighted by Gasteiger charge is -2.18. The largest absolute Gasteiger partial charge is 0.486 e. The molecule has 0 unspecified atom stereocenters. The van der Waals surface area contributed by atoms with Gasteiger partial charge in [-0.25, -0.2) is 0 Å². The summed E-state index contributed by atoms with van der Waals surface area (Å²) in [7, 11) is 0. The van der Waals surface area contributed by atoms with Gasteiger partial charge in [0.15, 0.2) is 28.8 Å². The standard InChI is InChI=1S/C32H26N4O6.C2H6/c37-30(16-20-3-7-26-28(14-20)41-12-10-39-26)34-32-24-18-22(23-2-1-9-33-19-23)5-6-25(24)36(35-32)31(38)17-21-4-8-27-29(15-21)42-13-11-40-27;1-2/h1-9,14-15,18-19H,10-13,16-17H2,(H,34,35,37);1-2H3. The minimum Gasteiger partial charge on any atom is -0.486 e. The number of ether oxygens (including phenoxy) is 4. The quantitative estimate of drug-likeness (QED) is 0.266. The van der Waals surface area contributed by atoms with Gasteiger partial charge in [-0.3, -0.25) is 14.6 Å². The van der Waals surface area contributed by atoms with Crippen LogP contribution in [0.1, 0.15) is 29.8 Å². The second-order valence-electron chi connectivity index (χ2n) is 9.99. The molecule has 224 valence electrons. The van der Waals surface area contributed by atoms with Gasteiger partial charge in [0, 0.05) is 23.3 Å². The van der Waals surface area contributed by atoms with E-state index in [-0.39, 0.29) is 24.7 Å². The first-order valence-corrected chi connectivity index (χ1v) is 14.6. The molecule has 2 aromatic heterocycles. The van der Waals surface area contributed by atoms with Gasteiger partial charge in [0.25, 0.3) is 5.91 Å². The molecule has 0 aliphatic carbocycles. The van der Waals surface area contributed by atoms with Crippen LogP contribution in [0.25, 0.3) is 22.0 Å². The van der Waals surface area contributed by atoms with Gasteiger partial charge >= 0.3 is 0 Å². The van der Waals surface area contributed by atoms with E-state index < -0.39 is 0 Å². The SMILES string of the molecule is CC.O=C(Cc1ccc2c(c1)OCCO2)Nc1nn(C(=O)Cc2ccc3c(c2)OCCO3)c2ccc(-c3cccnc3)cc12. The van der Waals surface area contributed by atoms with E-state index >= 15 is 0 Å². The summed E-state index contributed by atoms with van der Waals surface area (Å²) in [5, 5.41) is 8.14. The molecule has 5 aromatic rings. The first-order chi connectivity index (χ1) is 21.6. The molecule has 0 bridgehead atoms. The van der Waals surface area contributed by atoms with Crippen molar-refractivity contribution in [3.63, 3.8) is 0 Å². The smallest absolute Gasteiger partial charge is 0.251 e. The lowest BCUT2D eigenvalue weighted by Crippen LogP contribution is -2.19. The van der Waals surface area contributed by atoms with Gasteiger partial charge in [0.2, 0.25) is 5.91 Å². The summed E-state index contributed by atoms with van der Waals surface area (Å²) in [6.07, 6.45) is 3.65. The zero-order chi connectivity index (χ0) is 30.5. The van der Waals surface area contributed by atoms with Gasteiger partial charge in [-0.1, -0.05) is 38.1 Å². The number of hydrogen-bond donors (Lipinski definition) is 1. The third-order valence-electron chi connectivity index (χ3n) is 7.10. The molecule has 0 saturated heterocycles. The van der Waals surface area contributed by atoms with Crippen molar-refractivity contribution >= 4 is 28.5 Å². The molecule has 10 heteroatoms. The fourth-order valence-corrected chi connectivity index (χ4v) is 5.12. The number of nitrogens with zero attached hydrogens (tertiary/aromatic N) is 3. The van der Waals surface area contributed by atoms with Crippen molar-refractivity contribution in [2.75, 3.05) is 31.7 Å². The Hall–Kier alpha value is -5.38. The van der Waals surface area contributed by atoms with Crippen LogP contribution in [0.5, 0.6) is 23.0 Å². The van der Waals surface area contributed by atoms with Gasteiger partial charge in [0.1, 0.15) is 26.4 Å². The molecule has 1 amide bonds. The lowest BCUT2D eigenvalue weighted by atomic mass is 10.1. The molecule has 0 spiro atoms. The molecule has 2 aliphatic heterocycles. The van der Waals surface area contributed by atoms with Crippen molar-refractivity contribution in [1.29, 1.82) is 0 Å². The number of carbonyl (C=O) groups is 2. The van der Waals surface area contributed by atoms with Crippen molar-refractivity contribution in [3.05, 3.63) is 90.3 Å².